The van der Waals surface area contributed by atoms with Gasteiger partial charge in [0.1, 0.15) is 5.75 Å². The first-order valence-corrected chi connectivity index (χ1v) is 9.53. The van der Waals surface area contributed by atoms with Gasteiger partial charge in [0.15, 0.2) is 5.13 Å². The average Bonchev–Trinajstić information content (AvgIpc) is 3.14. The van der Waals surface area contributed by atoms with Crippen molar-refractivity contribution in [3.05, 3.63) is 71.7 Å². The molecule has 0 fully saturated rings. The van der Waals surface area contributed by atoms with Crippen molar-refractivity contribution in [3.63, 3.8) is 0 Å². The molecule has 3 rings (SSSR count). The van der Waals surface area contributed by atoms with E-state index in [0.717, 1.165) is 5.56 Å². The summed E-state index contributed by atoms with van der Waals surface area (Å²) >= 11 is 1.29. The highest BCUT2D eigenvalue weighted by atomic mass is 32.2. The molecule has 0 bridgehead atoms. The number of hydrogen-bond acceptors (Lipinski definition) is 5. The van der Waals surface area contributed by atoms with E-state index >= 15 is 0 Å². The van der Waals surface area contributed by atoms with Crippen LogP contribution in [0, 0.1) is 0 Å². The summed E-state index contributed by atoms with van der Waals surface area (Å²) in [5.41, 5.74) is 0.823. The Morgan fingerprint density at radius 3 is 2.58 bits per heavy atom. The van der Waals surface area contributed by atoms with E-state index in [4.69, 9.17) is 4.74 Å². The van der Waals surface area contributed by atoms with Crippen LogP contribution < -0.4 is 9.04 Å². The number of ether oxygens (including phenoxy) is 1. The van der Waals surface area contributed by atoms with Gasteiger partial charge in [-0.3, -0.25) is 0 Å². The second-order valence-corrected chi connectivity index (χ2v) is 7.73. The maximum absolute atomic E-state index is 13.1. The molecule has 0 N–H and O–H groups in total. The van der Waals surface area contributed by atoms with Crippen molar-refractivity contribution >= 4 is 26.5 Å². The number of rotatable bonds is 6. The van der Waals surface area contributed by atoms with Crippen molar-refractivity contribution in [1.82, 2.24) is 4.98 Å². The van der Waals surface area contributed by atoms with Crippen LogP contribution >= 0.6 is 11.3 Å². The molecule has 5 nitrogen and oxygen atoms in total. The molecule has 0 atom stereocenters. The summed E-state index contributed by atoms with van der Waals surface area (Å²) in [6.07, 6.45) is 1.60. The number of nitrogens with zero attached hydrogens (tertiary/aromatic N) is 2. The molecule has 24 heavy (non-hydrogen) atoms. The molecule has 0 aliphatic rings. The van der Waals surface area contributed by atoms with E-state index in [1.165, 1.54) is 15.6 Å². The van der Waals surface area contributed by atoms with Gasteiger partial charge in [0.05, 0.1) is 18.6 Å². The van der Waals surface area contributed by atoms with Gasteiger partial charge in [-0.15, -0.1) is 11.3 Å². The molecular weight excluding hydrogens is 344 g/mol. The lowest BCUT2D eigenvalue weighted by molar-refractivity contribution is 0.414. The fourth-order valence-electron chi connectivity index (χ4n) is 2.25. The summed E-state index contributed by atoms with van der Waals surface area (Å²) in [4.78, 5) is 4.42. The van der Waals surface area contributed by atoms with Gasteiger partial charge >= 0.3 is 0 Å². The van der Waals surface area contributed by atoms with Crippen molar-refractivity contribution in [1.29, 1.82) is 0 Å². The summed E-state index contributed by atoms with van der Waals surface area (Å²) in [5.74, 6) is 0.684. The first-order chi connectivity index (χ1) is 11.6. The van der Waals surface area contributed by atoms with Crippen molar-refractivity contribution in [2.24, 2.45) is 0 Å². The summed E-state index contributed by atoms with van der Waals surface area (Å²) in [6.45, 7) is 0.182. The summed E-state index contributed by atoms with van der Waals surface area (Å²) < 4.78 is 32.6. The minimum absolute atomic E-state index is 0.182. The van der Waals surface area contributed by atoms with E-state index in [0.29, 0.717) is 10.9 Å². The highest BCUT2D eigenvalue weighted by molar-refractivity contribution is 7.93. The third-order valence-electron chi connectivity index (χ3n) is 3.42. The van der Waals surface area contributed by atoms with Gasteiger partial charge in [0, 0.05) is 11.6 Å². The Hall–Kier alpha value is -2.38. The summed E-state index contributed by atoms with van der Waals surface area (Å²) in [7, 11) is -2.12. The molecule has 7 heteroatoms. The molecule has 3 aromatic rings. The fraction of sp³-hybridized carbons (Fsp3) is 0.118. The van der Waals surface area contributed by atoms with Crippen LogP contribution in [0.1, 0.15) is 5.56 Å². The molecule has 0 aliphatic heterocycles. The Labute approximate surface area is 145 Å². The minimum atomic E-state index is -3.70. The number of aromatic nitrogens is 1. The van der Waals surface area contributed by atoms with Gasteiger partial charge in [-0.2, -0.15) is 0 Å². The molecule has 1 heterocycles. The highest BCUT2D eigenvalue weighted by Gasteiger charge is 2.26. The van der Waals surface area contributed by atoms with Crippen LogP contribution in [0.15, 0.2) is 71.1 Å². The van der Waals surface area contributed by atoms with E-state index in [-0.39, 0.29) is 11.4 Å². The third kappa shape index (κ3) is 3.42. The number of benzene rings is 2. The van der Waals surface area contributed by atoms with Crippen LogP contribution in [-0.4, -0.2) is 20.5 Å². The number of methoxy groups -OCH3 is 1. The van der Waals surface area contributed by atoms with Crippen LogP contribution in [0.4, 0.5) is 5.13 Å². The van der Waals surface area contributed by atoms with Crippen LogP contribution in [0.3, 0.4) is 0 Å². The predicted octanol–water partition coefficient (Wildman–Crippen LogP) is 3.55. The molecule has 0 unspecified atom stereocenters. The van der Waals surface area contributed by atoms with E-state index in [1.54, 1.807) is 49.0 Å². The smallest absolute Gasteiger partial charge is 0.266 e. The minimum Gasteiger partial charge on any atom is -0.497 e. The largest absolute Gasteiger partial charge is 0.497 e. The predicted molar refractivity (Wildman–Crippen MR) is 94.9 cm³/mol. The topological polar surface area (TPSA) is 59.5 Å². The molecule has 124 valence electrons. The number of thiazole rings is 1. The molecule has 0 amide bonds. The standard InChI is InChI=1S/C17H16N2O3S2/c1-22-15-7-5-6-14(12-15)13-19(17-18-10-11-23-17)24(20,21)16-8-3-2-4-9-16/h2-12H,13H2,1H3. The van der Waals surface area contributed by atoms with Gasteiger partial charge in [-0.1, -0.05) is 30.3 Å². The van der Waals surface area contributed by atoms with E-state index in [1.807, 2.05) is 24.3 Å². The Morgan fingerprint density at radius 1 is 1.12 bits per heavy atom. The van der Waals surface area contributed by atoms with Gasteiger partial charge in [-0.25, -0.2) is 17.7 Å². The molecule has 0 saturated carbocycles. The zero-order valence-electron chi connectivity index (χ0n) is 13.0. The quantitative estimate of drug-likeness (QED) is 0.674. The average molecular weight is 360 g/mol. The van der Waals surface area contributed by atoms with Gasteiger partial charge < -0.3 is 4.74 Å². The van der Waals surface area contributed by atoms with Crippen LogP contribution in [-0.2, 0) is 16.6 Å². The molecule has 2 aromatic carbocycles. The van der Waals surface area contributed by atoms with Crippen molar-refractivity contribution in [3.8, 4) is 5.75 Å². The van der Waals surface area contributed by atoms with Gasteiger partial charge in [0.25, 0.3) is 10.0 Å². The molecule has 0 saturated heterocycles. The zero-order chi connectivity index (χ0) is 17.0. The Kier molecular flexibility index (Phi) is 4.82. The van der Waals surface area contributed by atoms with Gasteiger partial charge in [0.2, 0.25) is 0 Å². The Balaban J connectivity index is 2.02. The van der Waals surface area contributed by atoms with Gasteiger partial charge in [-0.05, 0) is 29.8 Å². The number of hydrogen-bond donors (Lipinski definition) is 0. The fourth-order valence-corrected chi connectivity index (χ4v) is 4.55. The number of anilines is 1. The van der Waals surface area contributed by atoms with Crippen LogP contribution in [0.25, 0.3) is 0 Å². The second-order valence-electron chi connectivity index (χ2n) is 4.99. The van der Waals surface area contributed by atoms with Crippen molar-refractivity contribution < 1.29 is 13.2 Å². The third-order valence-corrected chi connectivity index (χ3v) is 6.08. The molecule has 0 aliphatic carbocycles. The lowest BCUT2D eigenvalue weighted by Gasteiger charge is -2.22. The zero-order valence-corrected chi connectivity index (χ0v) is 14.6. The second kappa shape index (κ2) is 7.02. The summed E-state index contributed by atoms with van der Waals surface area (Å²) in [6, 6.07) is 15.7. The lowest BCUT2D eigenvalue weighted by Crippen LogP contribution is -2.30. The SMILES string of the molecule is COc1cccc(CN(c2nccs2)S(=O)(=O)c2ccccc2)c1. The molecular formula is C17H16N2O3S2. The van der Waals surface area contributed by atoms with E-state index < -0.39 is 10.0 Å². The highest BCUT2D eigenvalue weighted by Crippen LogP contribution is 2.28. The maximum atomic E-state index is 13.1. The van der Waals surface area contributed by atoms with E-state index in [2.05, 4.69) is 4.98 Å². The lowest BCUT2D eigenvalue weighted by atomic mass is 10.2. The Morgan fingerprint density at radius 2 is 1.92 bits per heavy atom. The van der Waals surface area contributed by atoms with E-state index in [9.17, 15) is 8.42 Å². The first kappa shape index (κ1) is 16.5. The molecule has 0 radical (unpaired) electrons. The normalized spacial score (nSPS) is 11.2. The van der Waals surface area contributed by atoms with Crippen molar-refractivity contribution in [2.45, 2.75) is 11.4 Å². The Bertz CT molecular complexity index is 895. The molecule has 1 aromatic heterocycles. The maximum Gasteiger partial charge on any atom is 0.266 e. The summed E-state index contributed by atoms with van der Waals surface area (Å²) in [5, 5.41) is 2.19. The van der Waals surface area contributed by atoms with Crippen LogP contribution in [0.2, 0.25) is 0 Å². The monoisotopic (exact) mass is 360 g/mol. The van der Waals surface area contributed by atoms with Crippen LogP contribution in [0.5, 0.6) is 5.75 Å². The first-order valence-electron chi connectivity index (χ1n) is 7.21. The number of sulfonamides is 1. The van der Waals surface area contributed by atoms with Crippen molar-refractivity contribution in [2.75, 3.05) is 11.4 Å². The molecule has 0 spiro atoms.